The lowest BCUT2D eigenvalue weighted by Gasteiger charge is -2.38. The van der Waals surface area contributed by atoms with Gasteiger partial charge in [-0.2, -0.15) is 0 Å². The number of aliphatic hydroxyl groups is 1. The molecule has 3 aliphatic rings. The molecule has 0 aromatic heterocycles. The van der Waals surface area contributed by atoms with Gasteiger partial charge in [0, 0.05) is 31.7 Å². The highest BCUT2D eigenvalue weighted by molar-refractivity contribution is 5.94. The topological polar surface area (TPSA) is 53.0 Å². The summed E-state index contributed by atoms with van der Waals surface area (Å²) in [7, 11) is 0. The van der Waals surface area contributed by atoms with Gasteiger partial charge in [-0.1, -0.05) is 17.7 Å². The van der Waals surface area contributed by atoms with E-state index in [0.717, 1.165) is 77.0 Å². The smallest absolute Gasteiger partial charge is 0.253 e. The maximum atomic E-state index is 12.7. The van der Waals surface area contributed by atoms with Crippen LogP contribution in [-0.4, -0.2) is 72.4 Å². The van der Waals surface area contributed by atoms with E-state index in [1.54, 1.807) is 0 Å². The van der Waals surface area contributed by atoms with Crippen molar-refractivity contribution < 1.29 is 14.6 Å². The number of carbonyl (C=O) groups is 1. The zero-order valence-electron chi connectivity index (χ0n) is 16.4. The molecule has 0 unspecified atom stereocenters. The van der Waals surface area contributed by atoms with Crippen LogP contribution in [-0.2, 0) is 4.74 Å². The zero-order chi connectivity index (χ0) is 18.9. The lowest BCUT2D eigenvalue weighted by Crippen LogP contribution is -2.44. The molecule has 3 fully saturated rings. The van der Waals surface area contributed by atoms with Gasteiger partial charge in [0.15, 0.2) is 0 Å². The van der Waals surface area contributed by atoms with Crippen LogP contribution in [0.15, 0.2) is 24.3 Å². The Kier molecular flexibility index (Phi) is 5.53. The van der Waals surface area contributed by atoms with E-state index in [1.165, 1.54) is 5.56 Å². The standard InChI is InChI=1S/C22H32N2O3/c1-17-4-6-18(7-5-17)21(26)24-11-8-22(9-12-24)13-20(27-16-22)15-23-10-2-3-19(25)14-23/h4-7,19-20,25H,2-3,8-16H2,1H3/t19-,20-/m0/s1. The van der Waals surface area contributed by atoms with Gasteiger partial charge in [-0.3, -0.25) is 9.69 Å². The Labute approximate surface area is 162 Å². The average molecular weight is 373 g/mol. The number of nitrogens with zero attached hydrogens (tertiary/aromatic N) is 2. The van der Waals surface area contributed by atoms with Crippen molar-refractivity contribution in [1.29, 1.82) is 0 Å². The Morgan fingerprint density at radius 3 is 2.67 bits per heavy atom. The first-order valence-electron chi connectivity index (χ1n) is 10.4. The molecule has 1 aromatic carbocycles. The van der Waals surface area contributed by atoms with Gasteiger partial charge in [0.2, 0.25) is 0 Å². The summed E-state index contributed by atoms with van der Waals surface area (Å²) in [6, 6.07) is 7.88. The third kappa shape index (κ3) is 4.36. The molecule has 3 aliphatic heterocycles. The van der Waals surface area contributed by atoms with Gasteiger partial charge in [-0.15, -0.1) is 0 Å². The second kappa shape index (κ2) is 7.90. The second-order valence-corrected chi connectivity index (χ2v) is 8.85. The molecule has 0 bridgehead atoms. The Bertz CT molecular complexity index is 652. The van der Waals surface area contributed by atoms with Gasteiger partial charge in [0.1, 0.15) is 0 Å². The van der Waals surface area contributed by atoms with Gasteiger partial charge in [0.05, 0.1) is 18.8 Å². The summed E-state index contributed by atoms with van der Waals surface area (Å²) in [5.74, 6) is 0.155. The lowest BCUT2D eigenvalue weighted by molar-refractivity contribution is 0.0227. The van der Waals surface area contributed by atoms with Crippen LogP contribution >= 0.6 is 0 Å². The number of aliphatic hydroxyl groups excluding tert-OH is 1. The number of carbonyl (C=O) groups excluding carboxylic acids is 1. The van der Waals surface area contributed by atoms with Crippen molar-refractivity contribution in [3.8, 4) is 0 Å². The van der Waals surface area contributed by atoms with Crippen LogP contribution in [0.5, 0.6) is 0 Å². The van der Waals surface area contributed by atoms with Crippen LogP contribution in [0.25, 0.3) is 0 Å². The van der Waals surface area contributed by atoms with E-state index >= 15 is 0 Å². The average Bonchev–Trinajstić information content (AvgIpc) is 3.04. The molecule has 5 heteroatoms. The van der Waals surface area contributed by atoms with Crippen LogP contribution in [0.1, 0.15) is 48.0 Å². The van der Waals surface area contributed by atoms with Crippen molar-refractivity contribution in [1.82, 2.24) is 9.80 Å². The molecular formula is C22H32N2O3. The summed E-state index contributed by atoms with van der Waals surface area (Å²) in [4.78, 5) is 17.1. The quantitative estimate of drug-likeness (QED) is 0.886. The van der Waals surface area contributed by atoms with Crippen molar-refractivity contribution in [2.24, 2.45) is 5.41 Å². The predicted octanol–water partition coefficient (Wildman–Crippen LogP) is 2.46. The number of hydrogen-bond donors (Lipinski definition) is 1. The largest absolute Gasteiger partial charge is 0.392 e. The molecule has 1 N–H and O–H groups in total. The monoisotopic (exact) mass is 372 g/mol. The number of amides is 1. The minimum atomic E-state index is -0.176. The van der Waals surface area contributed by atoms with Crippen LogP contribution < -0.4 is 0 Å². The zero-order valence-corrected chi connectivity index (χ0v) is 16.4. The van der Waals surface area contributed by atoms with E-state index in [0.29, 0.717) is 0 Å². The highest BCUT2D eigenvalue weighted by Crippen LogP contribution is 2.42. The SMILES string of the molecule is Cc1ccc(C(=O)N2CCC3(CC2)CO[C@H](CN2CCC[C@H](O)C2)C3)cc1. The minimum Gasteiger partial charge on any atom is -0.392 e. The molecular weight excluding hydrogens is 340 g/mol. The summed E-state index contributed by atoms with van der Waals surface area (Å²) >= 11 is 0. The molecule has 3 heterocycles. The molecule has 2 atom stereocenters. The van der Waals surface area contributed by atoms with Crippen molar-refractivity contribution >= 4 is 5.91 Å². The maximum absolute atomic E-state index is 12.7. The Balaban J connectivity index is 1.28. The number of hydrogen-bond acceptors (Lipinski definition) is 4. The van der Waals surface area contributed by atoms with Crippen LogP contribution in [0, 0.1) is 12.3 Å². The van der Waals surface area contributed by atoms with Gasteiger partial charge in [0.25, 0.3) is 5.91 Å². The first-order chi connectivity index (χ1) is 13.0. The molecule has 148 valence electrons. The van der Waals surface area contributed by atoms with Crippen LogP contribution in [0.3, 0.4) is 0 Å². The Hall–Kier alpha value is -1.43. The normalized spacial score (nSPS) is 28.6. The molecule has 0 aliphatic carbocycles. The number of β-amino-alcohol motifs (C(OH)–C–C–N with tert-alkyl or cyclic N) is 1. The summed E-state index contributed by atoms with van der Waals surface area (Å²) in [6.45, 7) is 7.30. The minimum absolute atomic E-state index is 0.155. The number of rotatable bonds is 3. The van der Waals surface area contributed by atoms with Gasteiger partial charge >= 0.3 is 0 Å². The van der Waals surface area contributed by atoms with Crippen molar-refractivity contribution in [2.45, 2.75) is 51.2 Å². The van der Waals surface area contributed by atoms with Crippen LogP contribution in [0.2, 0.25) is 0 Å². The van der Waals surface area contributed by atoms with E-state index in [2.05, 4.69) is 4.90 Å². The van der Waals surface area contributed by atoms with Gasteiger partial charge in [-0.25, -0.2) is 0 Å². The Morgan fingerprint density at radius 1 is 1.22 bits per heavy atom. The summed E-state index contributed by atoms with van der Waals surface area (Å²) in [5, 5.41) is 9.87. The van der Waals surface area contributed by atoms with E-state index in [-0.39, 0.29) is 23.5 Å². The number of aryl methyl sites for hydroxylation is 1. The van der Waals surface area contributed by atoms with E-state index in [9.17, 15) is 9.90 Å². The third-order valence-electron chi connectivity index (χ3n) is 6.64. The molecule has 4 rings (SSSR count). The van der Waals surface area contributed by atoms with Gasteiger partial charge < -0.3 is 14.7 Å². The van der Waals surface area contributed by atoms with E-state index in [4.69, 9.17) is 4.74 Å². The summed E-state index contributed by atoms with van der Waals surface area (Å²) < 4.78 is 6.15. The Morgan fingerprint density at radius 2 is 1.96 bits per heavy atom. The van der Waals surface area contributed by atoms with Gasteiger partial charge in [-0.05, 0) is 63.1 Å². The van der Waals surface area contributed by atoms with Crippen molar-refractivity contribution in [3.63, 3.8) is 0 Å². The fourth-order valence-electron chi connectivity index (χ4n) is 4.91. The molecule has 1 amide bonds. The molecule has 1 aromatic rings. The second-order valence-electron chi connectivity index (χ2n) is 8.85. The fraction of sp³-hybridized carbons (Fsp3) is 0.682. The van der Waals surface area contributed by atoms with Crippen molar-refractivity contribution in [2.75, 3.05) is 39.3 Å². The molecule has 5 nitrogen and oxygen atoms in total. The molecule has 1 spiro atoms. The predicted molar refractivity (Wildman–Crippen MR) is 105 cm³/mol. The maximum Gasteiger partial charge on any atom is 0.253 e. The molecule has 3 saturated heterocycles. The number of benzene rings is 1. The number of piperidine rings is 2. The van der Waals surface area contributed by atoms with Crippen LogP contribution in [0.4, 0.5) is 0 Å². The highest BCUT2D eigenvalue weighted by atomic mass is 16.5. The van der Waals surface area contributed by atoms with E-state index in [1.807, 2.05) is 36.1 Å². The molecule has 0 saturated carbocycles. The highest BCUT2D eigenvalue weighted by Gasteiger charge is 2.43. The number of likely N-dealkylation sites (tertiary alicyclic amines) is 2. The first-order valence-corrected chi connectivity index (χ1v) is 10.4. The van der Waals surface area contributed by atoms with E-state index < -0.39 is 0 Å². The summed E-state index contributed by atoms with van der Waals surface area (Å²) in [5.41, 5.74) is 2.21. The van der Waals surface area contributed by atoms with Crippen molar-refractivity contribution in [3.05, 3.63) is 35.4 Å². The first kappa shape index (κ1) is 18.9. The molecule has 27 heavy (non-hydrogen) atoms. The number of ether oxygens (including phenoxy) is 1. The molecule has 0 radical (unpaired) electrons. The third-order valence-corrected chi connectivity index (χ3v) is 6.64. The lowest BCUT2D eigenvalue weighted by atomic mass is 9.76. The fourth-order valence-corrected chi connectivity index (χ4v) is 4.91. The summed E-state index contributed by atoms with van der Waals surface area (Å²) in [6.07, 6.45) is 5.26.